The van der Waals surface area contributed by atoms with E-state index in [1.807, 2.05) is 20.8 Å². The Kier molecular flexibility index (Phi) is 8.96. The molecule has 0 bridgehead atoms. The zero-order valence-corrected chi connectivity index (χ0v) is 17.5. The van der Waals surface area contributed by atoms with Gasteiger partial charge in [-0.15, -0.1) is 4.91 Å². The zero-order chi connectivity index (χ0) is 22.1. The van der Waals surface area contributed by atoms with Crippen LogP contribution in [0.25, 0.3) is 5.70 Å². The van der Waals surface area contributed by atoms with E-state index in [1.165, 1.54) is 12.1 Å². The Morgan fingerprint density at radius 2 is 1.79 bits per heavy atom. The van der Waals surface area contributed by atoms with E-state index in [-0.39, 0.29) is 17.2 Å². The van der Waals surface area contributed by atoms with E-state index in [1.54, 1.807) is 24.3 Å². The van der Waals surface area contributed by atoms with E-state index in [9.17, 15) is 9.70 Å². The van der Waals surface area contributed by atoms with E-state index in [2.05, 4.69) is 29.9 Å². The molecule has 1 rings (SSSR count). The van der Waals surface area contributed by atoms with Crippen LogP contribution in [0, 0.1) is 4.91 Å². The van der Waals surface area contributed by atoms with Gasteiger partial charge in [0.05, 0.1) is 11.4 Å². The van der Waals surface area contributed by atoms with Crippen molar-refractivity contribution in [2.45, 2.75) is 26.9 Å². The maximum absolute atomic E-state index is 11.3. The predicted octanol–water partition coefficient (Wildman–Crippen LogP) is 5.49. The number of halogens is 1. The van der Waals surface area contributed by atoms with Crippen molar-refractivity contribution in [3.05, 3.63) is 94.1 Å². The molecule has 0 fully saturated rings. The van der Waals surface area contributed by atoms with Crippen LogP contribution in [0.5, 0.6) is 0 Å². The van der Waals surface area contributed by atoms with E-state index in [4.69, 9.17) is 22.1 Å². The van der Waals surface area contributed by atoms with Gasteiger partial charge in [0, 0.05) is 21.3 Å². The highest BCUT2D eigenvalue weighted by Crippen LogP contribution is 2.26. The molecule has 152 valence electrons. The molecule has 29 heavy (non-hydrogen) atoms. The first-order chi connectivity index (χ1) is 13.7. The van der Waals surface area contributed by atoms with Gasteiger partial charge in [-0.2, -0.15) is 0 Å². The number of nitroso groups, excluding NO2 is 1. The number of hydrogen-bond donors (Lipinski definition) is 1. The monoisotopic (exact) mass is 413 g/mol. The Balaban J connectivity index is 3.19. The average molecular weight is 414 g/mol. The van der Waals surface area contributed by atoms with Crippen molar-refractivity contribution < 1.29 is 9.53 Å². The molecule has 0 radical (unpaired) electrons. The summed E-state index contributed by atoms with van der Waals surface area (Å²) < 4.78 is 5.91. The highest BCUT2D eigenvalue weighted by atomic mass is 35.5. The summed E-state index contributed by atoms with van der Waals surface area (Å²) >= 11 is 6.32. The zero-order valence-electron chi connectivity index (χ0n) is 16.7. The molecule has 1 aromatic carbocycles. The average Bonchev–Trinajstić information content (AvgIpc) is 2.72. The smallest absolute Gasteiger partial charge is 0.316 e. The van der Waals surface area contributed by atoms with Crippen LogP contribution in [0.2, 0.25) is 0 Å². The van der Waals surface area contributed by atoms with Gasteiger partial charge in [0.2, 0.25) is 5.90 Å². The Bertz CT molecular complexity index is 925. The molecule has 0 aliphatic carbocycles. The van der Waals surface area contributed by atoms with E-state index in [0.29, 0.717) is 16.3 Å². The fourth-order valence-electron chi connectivity index (χ4n) is 2.41. The number of benzene rings is 1. The van der Waals surface area contributed by atoms with Crippen LogP contribution < -0.4 is 5.73 Å². The number of nitrogens with zero attached hydrogens (tertiary/aromatic N) is 2. The largest absolute Gasteiger partial charge is 0.468 e. The van der Waals surface area contributed by atoms with Gasteiger partial charge in [-0.05, 0) is 44.0 Å². The standard InChI is InChI=1S/C22H24ClN3O3/c1-7-13(3)20(19(23)8-2)16(6)29-22(14(4)24)25-15(5)17-9-11-18(12-10-17)21(27)26-28/h7-12,16H,1,4-5,24H2,2-3,6H3/b19-8-,20-13-,25-22+. The van der Waals surface area contributed by atoms with Crippen molar-refractivity contribution in [2.24, 2.45) is 15.9 Å². The summed E-state index contributed by atoms with van der Waals surface area (Å²) in [5.74, 6) is -0.760. The summed E-state index contributed by atoms with van der Waals surface area (Å²) in [5.41, 5.74) is 8.66. The Labute approximate surface area is 175 Å². The fourth-order valence-corrected chi connectivity index (χ4v) is 2.72. The van der Waals surface area contributed by atoms with Crippen molar-refractivity contribution in [3.63, 3.8) is 0 Å². The molecule has 0 saturated carbocycles. The van der Waals surface area contributed by atoms with Crippen LogP contribution in [0.4, 0.5) is 0 Å². The first-order valence-corrected chi connectivity index (χ1v) is 9.06. The van der Waals surface area contributed by atoms with Crippen molar-refractivity contribution >= 4 is 29.1 Å². The topological polar surface area (TPSA) is 94.1 Å². The number of amides is 1. The van der Waals surface area contributed by atoms with Crippen LogP contribution in [0.15, 0.2) is 88.2 Å². The molecule has 0 saturated heterocycles. The minimum atomic E-state index is -0.850. The quantitative estimate of drug-likeness (QED) is 0.264. The molecule has 1 atom stereocenters. The predicted molar refractivity (Wildman–Crippen MR) is 119 cm³/mol. The number of rotatable bonds is 8. The van der Waals surface area contributed by atoms with Crippen molar-refractivity contribution in [3.8, 4) is 0 Å². The van der Waals surface area contributed by atoms with Crippen molar-refractivity contribution in [2.75, 3.05) is 0 Å². The molecule has 1 amide bonds. The Hall–Kier alpha value is -3.25. The van der Waals surface area contributed by atoms with Crippen LogP contribution in [0.3, 0.4) is 0 Å². The third kappa shape index (κ3) is 6.40. The van der Waals surface area contributed by atoms with Gasteiger partial charge >= 0.3 is 5.91 Å². The number of nitrogens with two attached hydrogens (primary N) is 1. The third-order valence-corrected chi connectivity index (χ3v) is 4.42. The first-order valence-electron chi connectivity index (χ1n) is 8.68. The second-order valence-electron chi connectivity index (χ2n) is 6.06. The van der Waals surface area contributed by atoms with E-state index in [0.717, 1.165) is 11.1 Å². The number of carbonyl (C=O) groups excluding carboxylic acids is 1. The van der Waals surface area contributed by atoms with Gasteiger partial charge in [-0.1, -0.05) is 55.6 Å². The minimum Gasteiger partial charge on any atom is -0.468 e. The molecular formula is C22H24ClN3O3. The molecule has 1 aromatic rings. The molecular weight excluding hydrogens is 390 g/mol. The number of allylic oxidation sites excluding steroid dienone is 3. The van der Waals surface area contributed by atoms with Gasteiger partial charge in [-0.25, -0.2) is 4.99 Å². The lowest BCUT2D eigenvalue weighted by atomic mass is 10.0. The summed E-state index contributed by atoms with van der Waals surface area (Å²) in [4.78, 5) is 26.0. The molecule has 0 aliphatic heterocycles. The second-order valence-corrected chi connectivity index (χ2v) is 6.47. The SMILES string of the molecule is C=C/C(C)=C(\C(Cl)=C\C)C(C)O/C(=N/C(=C)c1ccc(C(=O)N=O)cc1)C(=C)N. The molecule has 7 heteroatoms. The maximum atomic E-state index is 11.3. The highest BCUT2D eigenvalue weighted by Gasteiger charge is 2.19. The Morgan fingerprint density at radius 3 is 2.24 bits per heavy atom. The van der Waals surface area contributed by atoms with E-state index >= 15 is 0 Å². The first kappa shape index (κ1) is 23.8. The van der Waals surface area contributed by atoms with Gasteiger partial charge in [0.15, 0.2) is 0 Å². The summed E-state index contributed by atoms with van der Waals surface area (Å²) in [6, 6.07) is 6.10. The normalized spacial score (nSPS) is 13.8. The van der Waals surface area contributed by atoms with Crippen molar-refractivity contribution in [1.29, 1.82) is 0 Å². The fraction of sp³-hybridized carbons (Fsp3) is 0.182. The lowest BCUT2D eigenvalue weighted by molar-refractivity contribution is 0.100. The molecule has 1 unspecified atom stereocenters. The number of ether oxygens (including phenoxy) is 1. The molecule has 2 N–H and O–H groups in total. The van der Waals surface area contributed by atoms with Gasteiger partial charge < -0.3 is 10.5 Å². The molecule has 0 aliphatic rings. The lowest BCUT2D eigenvalue weighted by Crippen LogP contribution is -2.22. The van der Waals surface area contributed by atoms with Crippen LogP contribution in [-0.2, 0) is 4.74 Å². The van der Waals surface area contributed by atoms with Crippen LogP contribution >= 0.6 is 11.6 Å². The molecule has 0 spiro atoms. The number of aliphatic imine (C=N–C) groups is 1. The van der Waals surface area contributed by atoms with Gasteiger partial charge in [0.25, 0.3) is 0 Å². The molecule has 0 heterocycles. The molecule has 6 nitrogen and oxygen atoms in total. The maximum Gasteiger partial charge on any atom is 0.316 e. The van der Waals surface area contributed by atoms with Crippen LogP contribution in [-0.4, -0.2) is 17.9 Å². The summed E-state index contributed by atoms with van der Waals surface area (Å²) in [5, 5.41) is 2.91. The number of carbonyl (C=O) groups is 1. The lowest BCUT2D eigenvalue weighted by Gasteiger charge is -2.21. The Morgan fingerprint density at radius 1 is 1.24 bits per heavy atom. The minimum absolute atomic E-state index is 0.0899. The number of hydrogen-bond acceptors (Lipinski definition) is 5. The summed E-state index contributed by atoms with van der Waals surface area (Å²) in [6.07, 6.45) is 2.96. The van der Waals surface area contributed by atoms with Crippen LogP contribution in [0.1, 0.15) is 36.7 Å². The second kappa shape index (κ2) is 10.9. The van der Waals surface area contributed by atoms with E-state index < -0.39 is 12.0 Å². The van der Waals surface area contributed by atoms with Gasteiger partial charge in [0.1, 0.15) is 6.10 Å². The van der Waals surface area contributed by atoms with Crippen molar-refractivity contribution in [1.82, 2.24) is 0 Å². The van der Waals surface area contributed by atoms with Gasteiger partial charge in [-0.3, -0.25) is 4.79 Å². The summed E-state index contributed by atoms with van der Waals surface area (Å²) in [7, 11) is 0. The third-order valence-electron chi connectivity index (χ3n) is 4.00. The summed E-state index contributed by atoms with van der Waals surface area (Å²) in [6.45, 7) is 16.9. The highest BCUT2D eigenvalue weighted by molar-refractivity contribution is 6.32. The molecule has 0 aromatic heterocycles.